The van der Waals surface area contributed by atoms with E-state index >= 15 is 0 Å². The summed E-state index contributed by atoms with van der Waals surface area (Å²) in [7, 11) is -8.01. The fourth-order valence-corrected chi connectivity index (χ4v) is 5.51. The molecule has 0 heterocycles. The van der Waals surface area contributed by atoms with Gasteiger partial charge in [-0.3, -0.25) is 0 Å². The van der Waals surface area contributed by atoms with Gasteiger partial charge in [0.1, 0.15) is 11.6 Å². The molecule has 0 fully saturated rings. The van der Waals surface area contributed by atoms with Crippen molar-refractivity contribution in [1.29, 1.82) is 0 Å². The van der Waals surface area contributed by atoms with Crippen molar-refractivity contribution >= 4 is 19.9 Å². The van der Waals surface area contributed by atoms with Crippen LogP contribution in [-0.2, 0) is 26.3 Å². The molecule has 0 spiro atoms. The molecule has 0 bridgehead atoms. The summed E-state index contributed by atoms with van der Waals surface area (Å²) >= 11 is 0. The van der Waals surface area contributed by atoms with Crippen LogP contribution in [0.3, 0.4) is 0 Å². The standard InChI is InChI=1S/C21H19F2NO4S2/c1-15-2-9-20(29(25,26)19-10-7-18(23)8-11-19)14-21(15)30(27,28)24-13-12-16-3-5-17(22)6-4-16/h2-11,14,24H,12-13H2,1H3. The number of halogens is 2. The lowest BCUT2D eigenvalue weighted by Crippen LogP contribution is -2.27. The minimum absolute atomic E-state index is 0.0579. The average molecular weight is 452 g/mol. The van der Waals surface area contributed by atoms with Crippen molar-refractivity contribution in [2.24, 2.45) is 0 Å². The van der Waals surface area contributed by atoms with Crippen LogP contribution in [-0.4, -0.2) is 23.4 Å². The summed E-state index contributed by atoms with van der Waals surface area (Å²) in [5.74, 6) is -0.958. The Hall–Kier alpha value is -2.62. The lowest BCUT2D eigenvalue weighted by Gasteiger charge is -2.12. The quantitative estimate of drug-likeness (QED) is 0.557. The summed E-state index contributed by atoms with van der Waals surface area (Å²) in [5.41, 5.74) is 1.13. The lowest BCUT2D eigenvalue weighted by atomic mass is 10.1. The van der Waals surface area contributed by atoms with Gasteiger partial charge >= 0.3 is 0 Å². The van der Waals surface area contributed by atoms with Crippen LogP contribution in [0.2, 0.25) is 0 Å². The molecule has 0 aromatic heterocycles. The molecule has 3 rings (SSSR count). The molecule has 5 nitrogen and oxygen atoms in total. The van der Waals surface area contributed by atoms with Gasteiger partial charge in [-0.1, -0.05) is 18.2 Å². The van der Waals surface area contributed by atoms with Crippen molar-refractivity contribution in [3.05, 3.63) is 89.5 Å². The molecule has 9 heteroatoms. The molecule has 3 aromatic carbocycles. The van der Waals surface area contributed by atoms with Gasteiger partial charge in [0.15, 0.2) is 0 Å². The maximum Gasteiger partial charge on any atom is 0.240 e. The minimum atomic E-state index is -4.02. The third kappa shape index (κ3) is 4.92. The predicted octanol–water partition coefficient (Wildman–Crippen LogP) is 3.63. The van der Waals surface area contributed by atoms with E-state index in [-0.39, 0.29) is 27.0 Å². The van der Waals surface area contributed by atoms with Crippen molar-refractivity contribution in [2.75, 3.05) is 6.54 Å². The van der Waals surface area contributed by atoms with Crippen LogP contribution in [0.25, 0.3) is 0 Å². The summed E-state index contributed by atoms with van der Waals surface area (Å²) in [6, 6.07) is 13.8. The van der Waals surface area contributed by atoms with Crippen LogP contribution in [0, 0.1) is 18.6 Å². The molecular weight excluding hydrogens is 432 g/mol. The van der Waals surface area contributed by atoms with Crippen LogP contribution >= 0.6 is 0 Å². The summed E-state index contributed by atoms with van der Waals surface area (Å²) in [6.45, 7) is 1.62. The highest BCUT2D eigenvalue weighted by Crippen LogP contribution is 2.25. The van der Waals surface area contributed by atoms with E-state index in [1.54, 1.807) is 19.1 Å². The first-order chi connectivity index (χ1) is 14.1. The van der Waals surface area contributed by atoms with Crippen molar-refractivity contribution in [2.45, 2.75) is 28.0 Å². The molecule has 0 atom stereocenters. The summed E-state index contributed by atoms with van der Waals surface area (Å²) in [4.78, 5) is -0.510. The summed E-state index contributed by atoms with van der Waals surface area (Å²) in [6.07, 6.45) is 0.339. The first-order valence-electron chi connectivity index (χ1n) is 8.95. The van der Waals surface area contributed by atoms with Crippen LogP contribution < -0.4 is 4.72 Å². The normalized spacial score (nSPS) is 12.1. The van der Waals surface area contributed by atoms with Gasteiger partial charge in [0, 0.05) is 6.54 Å². The number of rotatable bonds is 7. The second-order valence-electron chi connectivity index (χ2n) is 6.66. The first-order valence-corrected chi connectivity index (χ1v) is 11.9. The van der Waals surface area contributed by atoms with E-state index in [1.807, 2.05) is 0 Å². The van der Waals surface area contributed by atoms with E-state index in [1.165, 1.54) is 24.3 Å². The van der Waals surface area contributed by atoms with Gasteiger partial charge in [0.25, 0.3) is 0 Å². The van der Waals surface area contributed by atoms with Gasteiger partial charge in [0.05, 0.1) is 14.7 Å². The average Bonchev–Trinajstić information content (AvgIpc) is 2.70. The Morgan fingerprint density at radius 3 is 1.90 bits per heavy atom. The molecule has 3 aromatic rings. The van der Waals surface area contributed by atoms with E-state index in [4.69, 9.17) is 0 Å². The van der Waals surface area contributed by atoms with E-state index in [0.29, 0.717) is 12.0 Å². The van der Waals surface area contributed by atoms with Gasteiger partial charge < -0.3 is 0 Å². The predicted molar refractivity (Wildman–Crippen MR) is 108 cm³/mol. The number of hydrogen-bond donors (Lipinski definition) is 1. The molecular formula is C21H19F2NO4S2. The summed E-state index contributed by atoms with van der Waals surface area (Å²) in [5, 5.41) is 0. The topological polar surface area (TPSA) is 80.3 Å². The fraction of sp³-hybridized carbons (Fsp3) is 0.143. The molecule has 158 valence electrons. The second-order valence-corrected chi connectivity index (χ2v) is 10.3. The zero-order valence-electron chi connectivity index (χ0n) is 16.0. The maximum absolute atomic E-state index is 13.1. The molecule has 0 aliphatic rings. The Bertz CT molecular complexity index is 1260. The van der Waals surface area contributed by atoms with Gasteiger partial charge in [-0.15, -0.1) is 0 Å². The van der Waals surface area contributed by atoms with Gasteiger partial charge in [-0.25, -0.2) is 30.3 Å². The van der Waals surface area contributed by atoms with Gasteiger partial charge in [-0.05, 0) is 73.0 Å². The SMILES string of the molecule is Cc1ccc(S(=O)(=O)c2ccc(F)cc2)cc1S(=O)(=O)NCCc1ccc(F)cc1. The van der Waals surface area contributed by atoms with E-state index in [9.17, 15) is 25.6 Å². The maximum atomic E-state index is 13.1. The van der Waals surface area contributed by atoms with E-state index in [0.717, 1.165) is 35.9 Å². The minimum Gasteiger partial charge on any atom is -0.219 e. The van der Waals surface area contributed by atoms with Crippen LogP contribution in [0.4, 0.5) is 8.78 Å². The molecule has 0 unspecified atom stereocenters. The lowest BCUT2D eigenvalue weighted by molar-refractivity contribution is 0.580. The zero-order valence-corrected chi connectivity index (χ0v) is 17.6. The largest absolute Gasteiger partial charge is 0.240 e. The Morgan fingerprint density at radius 1 is 0.767 bits per heavy atom. The smallest absolute Gasteiger partial charge is 0.219 e. The monoisotopic (exact) mass is 451 g/mol. The molecule has 0 amide bonds. The Balaban J connectivity index is 1.84. The first kappa shape index (κ1) is 22.1. The third-order valence-electron chi connectivity index (χ3n) is 4.50. The van der Waals surface area contributed by atoms with Crippen LogP contribution in [0.15, 0.2) is 81.4 Å². The Morgan fingerprint density at radius 2 is 1.30 bits per heavy atom. The molecule has 0 saturated heterocycles. The number of aryl methyl sites for hydroxylation is 1. The highest BCUT2D eigenvalue weighted by atomic mass is 32.2. The van der Waals surface area contributed by atoms with Crippen molar-refractivity contribution < 1.29 is 25.6 Å². The van der Waals surface area contributed by atoms with Crippen molar-refractivity contribution in [3.8, 4) is 0 Å². The number of benzene rings is 3. The molecule has 0 aliphatic heterocycles. The van der Waals surface area contributed by atoms with Crippen molar-refractivity contribution in [3.63, 3.8) is 0 Å². The zero-order chi connectivity index (χ0) is 21.9. The number of sulfonamides is 1. The molecule has 30 heavy (non-hydrogen) atoms. The third-order valence-corrected chi connectivity index (χ3v) is 7.87. The van der Waals surface area contributed by atoms with Gasteiger partial charge in [0.2, 0.25) is 19.9 Å². The van der Waals surface area contributed by atoms with Gasteiger partial charge in [-0.2, -0.15) is 0 Å². The molecule has 0 saturated carbocycles. The van der Waals surface area contributed by atoms with Crippen LogP contribution in [0.1, 0.15) is 11.1 Å². The number of nitrogens with one attached hydrogen (secondary N) is 1. The molecule has 0 radical (unpaired) electrons. The Labute approximate surface area is 174 Å². The second kappa shape index (κ2) is 8.63. The van der Waals surface area contributed by atoms with E-state index < -0.39 is 25.7 Å². The van der Waals surface area contributed by atoms with E-state index in [2.05, 4.69) is 4.72 Å². The highest BCUT2D eigenvalue weighted by molar-refractivity contribution is 7.91. The number of hydrogen-bond acceptors (Lipinski definition) is 4. The molecule has 0 aliphatic carbocycles. The summed E-state index contributed by atoms with van der Waals surface area (Å²) < 4.78 is 79.6. The van der Waals surface area contributed by atoms with Crippen LogP contribution in [0.5, 0.6) is 0 Å². The Kier molecular flexibility index (Phi) is 6.35. The molecule has 1 N–H and O–H groups in total. The highest BCUT2D eigenvalue weighted by Gasteiger charge is 2.23. The van der Waals surface area contributed by atoms with Crippen molar-refractivity contribution in [1.82, 2.24) is 4.72 Å². The fourth-order valence-electron chi connectivity index (χ4n) is 2.85. The number of sulfone groups is 1.